The van der Waals surface area contributed by atoms with Crippen molar-refractivity contribution in [2.24, 2.45) is 29.4 Å². The summed E-state index contributed by atoms with van der Waals surface area (Å²) in [5.74, 6) is -5.03. The summed E-state index contributed by atoms with van der Waals surface area (Å²) >= 11 is 13.5. The molecule has 3 aliphatic rings. The second-order valence-electron chi connectivity index (χ2n) is 23.9. The first-order chi connectivity index (χ1) is 41.0. The number of rotatable bonds is 26. The van der Waals surface area contributed by atoms with Crippen LogP contribution in [0.5, 0.6) is 0 Å². The summed E-state index contributed by atoms with van der Waals surface area (Å²) in [6, 6.07) is 6.98. The molecule has 0 saturated carbocycles. The average molecular weight is 1360 g/mol. The van der Waals surface area contributed by atoms with Gasteiger partial charge in [0.2, 0.25) is 11.8 Å². The van der Waals surface area contributed by atoms with Crippen LogP contribution in [-0.4, -0.2) is 156 Å². The number of allylic oxidation sites excluding steroid dienone is 3. The minimum Gasteiger partial charge on any atom is -0.462 e. The van der Waals surface area contributed by atoms with Gasteiger partial charge in [0.25, 0.3) is 5.91 Å². The molecule has 87 heavy (non-hydrogen) atoms. The van der Waals surface area contributed by atoms with Gasteiger partial charge in [0.05, 0.1) is 41.3 Å². The summed E-state index contributed by atoms with van der Waals surface area (Å²) in [4.78, 5) is 124. The second-order valence-corrected chi connectivity index (χ2v) is 25.5. The van der Waals surface area contributed by atoms with E-state index in [1.807, 2.05) is 52.8 Å². The molecule has 2 aromatic rings. The molecule has 5 rings (SSSR count). The number of primary amides is 1. The van der Waals surface area contributed by atoms with Crippen LogP contribution in [0.2, 0.25) is 5.02 Å². The fourth-order valence-electron chi connectivity index (χ4n) is 10.9. The smallest absolute Gasteiger partial charge is 0.409 e. The highest BCUT2D eigenvalue weighted by Crippen LogP contribution is 2.49. The number of amides is 6. The lowest BCUT2D eigenvalue weighted by Gasteiger charge is -2.42. The number of carbonyl (C=O) groups excluding carboxylic acids is 9. The van der Waals surface area contributed by atoms with E-state index >= 15 is 0 Å². The molecule has 2 fully saturated rings. The van der Waals surface area contributed by atoms with Crippen LogP contribution >= 0.6 is 43.5 Å². The third-order valence-electron chi connectivity index (χ3n) is 16.6. The number of anilines is 1. The van der Waals surface area contributed by atoms with Gasteiger partial charge in [0.15, 0.2) is 11.5 Å². The summed E-state index contributed by atoms with van der Waals surface area (Å²) in [7, 11) is 4.42. The molecular weight excluding hydrogens is 1280 g/mol. The summed E-state index contributed by atoms with van der Waals surface area (Å²) in [5, 5.41) is 21.1. The van der Waals surface area contributed by atoms with Crippen molar-refractivity contribution in [3.8, 4) is 0 Å². The zero-order valence-electron chi connectivity index (χ0n) is 51.7. The van der Waals surface area contributed by atoms with Crippen LogP contribution in [0.3, 0.4) is 0 Å². The number of esters is 2. The molecule has 2 aromatic carbocycles. The molecule has 0 aromatic heterocycles. The number of methoxy groups -OCH3 is 1. The summed E-state index contributed by atoms with van der Waals surface area (Å²) < 4.78 is 29.5. The van der Waals surface area contributed by atoms with Gasteiger partial charge in [-0.3, -0.25) is 34.1 Å². The Hall–Kier alpha value is -5.72. The molecule has 1 unspecified atom stereocenters. The Morgan fingerprint density at radius 3 is 2.30 bits per heavy atom. The number of aryl methyl sites for hydroxylation is 1. The van der Waals surface area contributed by atoms with Gasteiger partial charge < -0.3 is 55.0 Å². The number of nitrogens with two attached hydrogens (primary N) is 1. The lowest BCUT2D eigenvalue weighted by atomic mass is 9.83. The van der Waals surface area contributed by atoms with E-state index in [4.69, 9.17) is 41.0 Å². The van der Waals surface area contributed by atoms with Gasteiger partial charge >= 0.3 is 24.1 Å². The maximum absolute atomic E-state index is 14.5. The summed E-state index contributed by atoms with van der Waals surface area (Å²) in [6.45, 7) is 14.3. The van der Waals surface area contributed by atoms with Crippen molar-refractivity contribution in [3.63, 3.8) is 0 Å². The predicted molar refractivity (Wildman–Crippen MR) is 335 cm³/mol. The van der Waals surface area contributed by atoms with Crippen LogP contribution in [0.4, 0.5) is 15.3 Å². The fourth-order valence-corrected chi connectivity index (χ4v) is 12.7. The van der Waals surface area contributed by atoms with Crippen molar-refractivity contribution in [1.29, 1.82) is 0 Å². The molecule has 3 heterocycles. The molecule has 11 atom stereocenters. The number of nitrogens with zero attached hydrogens (tertiary/aromatic N) is 2. The van der Waals surface area contributed by atoms with Crippen molar-refractivity contribution in [2.45, 2.75) is 180 Å². The zero-order valence-corrected chi connectivity index (χ0v) is 55.6. The van der Waals surface area contributed by atoms with E-state index in [2.05, 4.69) is 47.8 Å². The number of ketones is 2. The van der Waals surface area contributed by atoms with Gasteiger partial charge in [-0.05, 0) is 114 Å². The van der Waals surface area contributed by atoms with Crippen LogP contribution in [0.15, 0.2) is 60.2 Å². The topological polar surface area (TPSA) is 292 Å². The van der Waals surface area contributed by atoms with Gasteiger partial charge in [0, 0.05) is 81.5 Å². The molecule has 2 saturated heterocycles. The number of hydrogen-bond donors (Lipinski definition) is 5. The van der Waals surface area contributed by atoms with E-state index in [9.17, 15) is 48.3 Å². The zero-order chi connectivity index (χ0) is 64.7. The first-order valence-electron chi connectivity index (χ1n) is 29.6. The van der Waals surface area contributed by atoms with Crippen LogP contribution < -0.4 is 26.6 Å². The second kappa shape index (κ2) is 32.7. The Kier molecular flexibility index (Phi) is 27.0. The monoisotopic (exact) mass is 1360 g/mol. The first-order valence-corrected chi connectivity index (χ1v) is 32.2. The number of aliphatic hydroxyl groups is 1. The number of likely N-dealkylation sites (N-methyl/N-ethyl adjacent to an activating group) is 1. The maximum Gasteiger partial charge on any atom is 0.409 e. The van der Waals surface area contributed by atoms with E-state index in [1.165, 1.54) is 43.0 Å². The van der Waals surface area contributed by atoms with Gasteiger partial charge in [-0.15, -0.1) is 0 Å². The number of halogens is 3. The predicted octanol–water partition coefficient (Wildman–Crippen LogP) is 8.30. The van der Waals surface area contributed by atoms with Gasteiger partial charge in [-0.2, -0.15) is 0 Å². The highest BCUT2D eigenvalue weighted by molar-refractivity contribution is 9.09. The number of alkyl carbamates (subject to hydrolysis) is 1. The normalized spacial score (nSPS) is 24.6. The molecule has 3 aliphatic heterocycles. The van der Waals surface area contributed by atoms with E-state index in [0.717, 1.165) is 16.7 Å². The third-order valence-corrected chi connectivity index (χ3v) is 18.7. The molecule has 0 aliphatic carbocycles. The number of hydrogen-bond acceptors (Lipinski definition) is 15. The SMILES string of the molecule is CO[C@@H]1/C=C/C=C(\C)Cc2cc(C)c(Cl)c(c2)N(C)C(=O)C[C@H](OC(=O)[C@H](C)N(C)C(=O)c2ccc(CC(=O)[C@H](CCCNC(N)=O)NC(=O)[C@@H](CC(=O)CCCCC(C)OC(=O)C(CBr)CBr)C(C)C)cc2)[C@]2(C)O[C@H]2[C@H](C)[C@@H]2C[C@@]1(O)NC(=O)O2. The van der Waals surface area contributed by atoms with Crippen LogP contribution in [0.25, 0.3) is 0 Å². The van der Waals surface area contributed by atoms with E-state index < -0.39 is 95.5 Å². The van der Waals surface area contributed by atoms with Crippen molar-refractivity contribution < 1.29 is 71.9 Å². The Morgan fingerprint density at radius 2 is 1.67 bits per heavy atom. The number of Topliss-reactive ketones (excluding diaryl/α,β-unsaturated/α-hetero) is 2. The van der Waals surface area contributed by atoms with Gasteiger partial charge in [-0.25, -0.2) is 14.4 Å². The van der Waals surface area contributed by atoms with Crippen molar-refractivity contribution >= 4 is 102 Å². The maximum atomic E-state index is 14.5. The molecule has 0 radical (unpaired) electrons. The standard InChI is InChI=1S/C63H87Br2ClN6O15/c1-35(2)46(30-45(73)18-13-12-17-38(5)84-59(79)44(33-64)34-65)56(76)69-47(19-15-25-68-60(67)80)49(74)29-41-21-23-43(24-22-41)57(77)71(9)40(7)58(78)86-52-31-53(75)72(10)48-28-42(27-37(4)54(48)66)26-36(3)16-14-20-51(83-11)63(82)32-50(85-61(81)70-63)39(6)55-62(52,8)87-55/h14,16,20-24,27-28,35,38-40,44,46-47,50-52,55,82H,12-13,15,17-19,25-26,29-34H2,1-11H3,(H,69,76)(H,70,81)(H3,67,68,80)/b20-14+,36-16+/t38?,39-,40+,46+,47+,50+,51-,52+,55+,62+,63+/m1/s1. The molecular formula is C63H87Br2ClN6O15. The van der Waals surface area contributed by atoms with Crippen molar-refractivity contribution in [3.05, 3.63) is 87.5 Å². The Morgan fingerprint density at radius 1 is 0.989 bits per heavy atom. The Bertz CT molecular complexity index is 2870. The van der Waals surface area contributed by atoms with Crippen LogP contribution in [0, 0.1) is 30.6 Å². The number of nitrogens with one attached hydrogen (secondary N) is 3. The Labute approximate surface area is 532 Å². The molecule has 480 valence electrons. The van der Waals surface area contributed by atoms with Crippen LogP contribution in [-0.2, 0) is 65.3 Å². The fraction of sp³-hybridized carbons (Fsp3) is 0.603. The third kappa shape index (κ3) is 19.9. The largest absolute Gasteiger partial charge is 0.462 e. The van der Waals surface area contributed by atoms with E-state index in [1.54, 1.807) is 45.2 Å². The Balaban J connectivity index is 1.29. The molecule has 24 heteroatoms. The van der Waals surface area contributed by atoms with E-state index in [0.29, 0.717) is 59.0 Å². The summed E-state index contributed by atoms with van der Waals surface area (Å²) in [5.41, 5.74) is 5.68. The number of unbranched alkanes of at least 4 members (excludes halogenated alkanes) is 1. The molecule has 21 nitrogen and oxygen atoms in total. The van der Waals surface area contributed by atoms with Gasteiger partial charge in [0.1, 0.15) is 35.7 Å². The highest BCUT2D eigenvalue weighted by Gasteiger charge is 2.64. The van der Waals surface area contributed by atoms with Crippen molar-refractivity contribution in [2.75, 3.05) is 43.3 Å². The number of ether oxygens (including phenoxy) is 5. The van der Waals surface area contributed by atoms with Crippen LogP contribution in [0.1, 0.15) is 133 Å². The molecule has 6 amide bonds. The number of benzene rings is 2. The average Bonchev–Trinajstić information content (AvgIpc) is 1.59. The quantitative estimate of drug-likeness (QED) is 0.0195. The van der Waals surface area contributed by atoms with Gasteiger partial charge in [-0.1, -0.05) is 106 Å². The highest BCUT2D eigenvalue weighted by atomic mass is 79.9. The molecule has 4 bridgehead atoms. The summed E-state index contributed by atoms with van der Waals surface area (Å²) in [6.07, 6.45) is 2.33. The van der Waals surface area contributed by atoms with Crippen molar-refractivity contribution in [1.82, 2.24) is 20.9 Å². The molecule has 6 N–H and O–H groups in total. The number of carbonyl (C=O) groups is 9. The first kappa shape index (κ1) is 72.0. The number of urea groups is 1. The lowest BCUT2D eigenvalue weighted by Crippen LogP contribution is -2.63. The lowest BCUT2D eigenvalue weighted by molar-refractivity contribution is -0.158. The number of alkyl halides is 2. The number of fused-ring (bicyclic) bond motifs is 5. The minimum absolute atomic E-state index is 0.0367. The van der Waals surface area contributed by atoms with E-state index in [-0.39, 0.29) is 86.1 Å². The minimum atomic E-state index is -1.89. The number of epoxide rings is 1. The molecule has 0 spiro atoms.